The minimum Gasteiger partial charge on any atom is -0.211 e. The molecule has 12 nitrogen and oxygen atoms in total. The topological polar surface area (TPSA) is 177 Å². The van der Waals surface area contributed by atoms with Crippen molar-refractivity contribution in [3.63, 3.8) is 0 Å². The summed E-state index contributed by atoms with van der Waals surface area (Å²) in [7, 11) is 0. The average Bonchev–Trinajstić information content (AvgIpc) is 2.95. The van der Waals surface area contributed by atoms with Gasteiger partial charge in [-0.15, -0.1) is 0 Å². The van der Waals surface area contributed by atoms with Crippen molar-refractivity contribution in [1.29, 1.82) is 0 Å². The number of carbonyl (C=O) groups excluding carboxylic acids is 6. The third-order valence-corrected chi connectivity index (χ3v) is 8.27. The molecule has 0 aromatic rings. The maximum atomic E-state index is 12.1. The summed E-state index contributed by atoms with van der Waals surface area (Å²) in [6.07, 6.45) is 16.3. The van der Waals surface area contributed by atoms with Crippen molar-refractivity contribution in [1.82, 2.24) is 0 Å². The zero-order valence-electron chi connectivity index (χ0n) is 21.4. The Morgan fingerprint density at radius 2 is 0.895 bits per heavy atom. The van der Waals surface area contributed by atoms with Crippen LogP contribution in [-0.2, 0) is 28.8 Å². The standard InChI is InChI=1S/C26H32N6O6/c33-16-27-14-7-12-24(13-15-28-17-34,25(29-18-35,30-19-36)22-8-3-1-4-9-22)26(31-20-37,32-21-38)23-10-5-2-6-11-23/h22-23H,1-15H2. The number of isocyanates is 6. The van der Waals surface area contributed by atoms with Gasteiger partial charge in [0.2, 0.25) is 36.5 Å². The Balaban J connectivity index is 3.10. The summed E-state index contributed by atoms with van der Waals surface area (Å²) in [5.74, 6) is -0.999. The summed E-state index contributed by atoms with van der Waals surface area (Å²) in [5.41, 5.74) is -5.44. The first-order valence-electron chi connectivity index (χ1n) is 13.0. The summed E-state index contributed by atoms with van der Waals surface area (Å²) < 4.78 is 0. The lowest BCUT2D eigenvalue weighted by Gasteiger charge is -2.57. The molecule has 0 aromatic carbocycles. The van der Waals surface area contributed by atoms with Crippen LogP contribution < -0.4 is 0 Å². The van der Waals surface area contributed by atoms with Crippen molar-refractivity contribution in [2.45, 2.75) is 94.8 Å². The lowest BCUT2D eigenvalue weighted by Crippen LogP contribution is -2.65. The smallest absolute Gasteiger partial charge is 0.211 e. The second-order valence-corrected chi connectivity index (χ2v) is 9.82. The second-order valence-electron chi connectivity index (χ2n) is 9.82. The van der Waals surface area contributed by atoms with E-state index in [1.807, 2.05) is 0 Å². The summed E-state index contributed by atoms with van der Waals surface area (Å²) in [6.45, 7) is -0.163. The van der Waals surface area contributed by atoms with E-state index >= 15 is 0 Å². The van der Waals surface area contributed by atoms with Crippen molar-refractivity contribution in [3.05, 3.63) is 0 Å². The normalized spacial score (nSPS) is 20.5. The second kappa shape index (κ2) is 15.5. The zero-order valence-corrected chi connectivity index (χ0v) is 21.4. The quantitative estimate of drug-likeness (QED) is 0.179. The molecule has 0 bridgehead atoms. The molecule has 2 aliphatic carbocycles. The van der Waals surface area contributed by atoms with Crippen molar-refractivity contribution < 1.29 is 28.8 Å². The van der Waals surface area contributed by atoms with Gasteiger partial charge in [-0.25, -0.2) is 38.8 Å². The van der Waals surface area contributed by atoms with Crippen LogP contribution in [0.25, 0.3) is 0 Å². The van der Waals surface area contributed by atoms with Gasteiger partial charge in [0.1, 0.15) is 0 Å². The van der Waals surface area contributed by atoms with E-state index in [9.17, 15) is 28.8 Å². The summed E-state index contributed by atoms with van der Waals surface area (Å²) in [4.78, 5) is 94.2. The molecule has 2 fully saturated rings. The van der Waals surface area contributed by atoms with Crippen LogP contribution in [0.4, 0.5) is 0 Å². The Morgan fingerprint density at radius 3 is 1.26 bits per heavy atom. The van der Waals surface area contributed by atoms with Gasteiger partial charge in [0.15, 0.2) is 11.3 Å². The van der Waals surface area contributed by atoms with Crippen LogP contribution in [0.5, 0.6) is 0 Å². The third-order valence-electron chi connectivity index (χ3n) is 8.27. The van der Waals surface area contributed by atoms with Crippen LogP contribution in [0.3, 0.4) is 0 Å². The highest BCUT2D eigenvalue weighted by molar-refractivity contribution is 5.46. The average molecular weight is 525 g/mol. The molecule has 2 rings (SSSR count). The summed E-state index contributed by atoms with van der Waals surface area (Å²) in [6, 6.07) is 0. The third kappa shape index (κ3) is 6.22. The molecule has 2 saturated carbocycles. The first kappa shape index (κ1) is 30.5. The lowest BCUT2D eigenvalue weighted by atomic mass is 9.52. The van der Waals surface area contributed by atoms with Gasteiger partial charge in [0.25, 0.3) is 0 Å². The molecule has 0 unspecified atom stereocenters. The number of rotatable bonds is 15. The Labute approximate surface area is 220 Å². The van der Waals surface area contributed by atoms with Gasteiger partial charge >= 0.3 is 0 Å². The maximum Gasteiger partial charge on any atom is 0.237 e. The largest absolute Gasteiger partial charge is 0.237 e. The molecular formula is C26H32N6O6. The van der Waals surface area contributed by atoms with Gasteiger partial charge in [-0.2, -0.15) is 20.0 Å². The monoisotopic (exact) mass is 524 g/mol. The van der Waals surface area contributed by atoms with E-state index in [0.29, 0.717) is 25.7 Å². The molecule has 12 heteroatoms. The molecule has 202 valence electrons. The fourth-order valence-electron chi connectivity index (χ4n) is 6.84. The molecule has 0 aromatic heterocycles. The molecule has 2 aliphatic rings. The molecule has 0 radical (unpaired) electrons. The van der Waals surface area contributed by atoms with Crippen molar-refractivity contribution in [2.24, 2.45) is 47.2 Å². The van der Waals surface area contributed by atoms with Gasteiger partial charge < -0.3 is 0 Å². The maximum absolute atomic E-state index is 12.1. The van der Waals surface area contributed by atoms with E-state index < -0.39 is 28.6 Å². The molecule has 0 saturated heterocycles. The Morgan fingerprint density at radius 1 is 0.500 bits per heavy atom. The molecule has 38 heavy (non-hydrogen) atoms. The van der Waals surface area contributed by atoms with Gasteiger partial charge in [0, 0.05) is 11.8 Å². The van der Waals surface area contributed by atoms with Crippen LogP contribution in [0.1, 0.15) is 83.5 Å². The Kier molecular flexibility index (Phi) is 12.5. The molecule has 0 N–H and O–H groups in total. The minimum atomic E-state index is -1.90. The van der Waals surface area contributed by atoms with E-state index in [2.05, 4.69) is 30.0 Å². The molecule has 0 amide bonds. The number of nitrogens with zero attached hydrogens (tertiary/aromatic N) is 6. The van der Waals surface area contributed by atoms with Crippen LogP contribution in [0.15, 0.2) is 30.0 Å². The van der Waals surface area contributed by atoms with Crippen molar-refractivity contribution >= 4 is 36.5 Å². The van der Waals surface area contributed by atoms with Crippen molar-refractivity contribution in [2.75, 3.05) is 13.1 Å². The van der Waals surface area contributed by atoms with Crippen LogP contribution in [0.2, 0.25) is 0 Å². The highest BCUT2D eigenvalue weighted by Gasteiger charge is 2.69. The predicted molar refractivity (Wildman–Crippen MR) is 133 cm³/mol. The first-order valence-corrected chi connectivity index (χ1v) is 13.0. The minimum absolute atomic E-state index is 0.00623. The Hall–Kier alpha value is -3.72. The van der Waals surface area contributed by atoms with Gasteiger partial charge in [-0.3, -0.25) is 0 Å². The van der Waals surface area contributed by atoms with E-state index in [4.69, 9.17) is 0 Å². The zero-order chi connectivity index (χ0) is 27.7. The van der Waals surface area contributed by atoms with Crippen LogP contribution in [-0.4, -0.2) is 60.9 Å². The summed E-state index contributed by atoms with van der Waals surface area (Å²) >= 11 is 0. The SMILES string of the molecule is O=C=NCCCC(CCN=C=O)(C(N=C=O)(N=C=O)C1CCCCC1)C(N=C=O)(N=C=O)C1CCCCC1. The van der Waals surface area contributed by atoms with Gasteiger partial charge in [-0.1, -0.05) is 38.5 Å². The van der Waals surface area contributed by atoms with Gasteiger partial charge in [0.05, 0.1) is 18.5 Å². The highest BCUT2D eigenvalue weighted by Crippen LogP contribution is 2.62. The van der Waals surface area contributed by atoms with Crippen LogP contribution in [0, 0.1) is 17.3 Å². The number of aliphatic imine (C=N–C) groups is 6. The fraction of sp³-hybridized carbons (Fsp3) is 0.769. The molecule has 0 aliphatic heterocycles. The van der Waals surface area contributed by atoms with Crippen LogP contribution >= 0.6 is 0 Å². The summed E-state index contributed by atoms with van der Waals surface area (Å²) in [5, 5.41) is 0. The molecule has 0 heterocycles. The number of hydrogen-bond acceptors (Lipinski definition) is 12. The van der Waals surface area contributed by atoms with E-state index in [0.717, 1.165) is 38.5 Å². The lowest BCUT2D eigenvalue weighted by molar-refractivity contribution is -0.0616. The fourth-order valence-corrected chi connectivity index (χ4v) is 6.84. The van der Waals surface area contributed by atoms with Gasteiger partial charge in [-0.05, 0) is 44.9 Å². The Bertz CT molecular complexity index is 991. The first-order chi connectivity index (χ1) is 18.6. The molecule has 0 spiro atoms. The predicted octanol–water partition coefficient (Wildman–Crippen LogP) is 3.71. The van der Waals surface area contributed by atoms with E-state index in [-0.39, 0.29) is 32.4 Å². The molecular weight excluding hydrogens is 492 g/mol. The van der Waals surface area contributed by atoms with E-state index in [1.54, 1.807) is 24.3 Å². The van der Waals surface area contributed by atoms with E-state index in [1.165, 1.54) is 12.2 Å². The van der Waals surface area contributed by atoms with Crippen molar-refractivity contribution in [3.8, 4) is 0 Å². The number of hydrogen-bond donors (Lipinski definition) is 0. The highest BCUT2D eigenvalue weighted by atomic mass is 16.1. The molecule has 0 atom stereocenters.